The molecule has 1 unspecified atom stereocenters. The molecule has 1 aliphatic carbocycles. The van der Waals surface area contributed by atoms with E-state index in [1.165, 1.54) is 24.3 Å². The van der Waals surface area contributed by atoms with E-state index in [1.807, 2.05) is 0 Å². The molecule has 1 heterocycles. The Kier molecular flexibility index (Phi) is 9.74. The van der Waals surface area contributed by atoms with Crippen LogP contribution in [0.4, 0.5) is 0 Å². The van der Waals surface area contributed by atoms with Crippen LogP contribution in [0.3, 0.4) is 0 Å². The topological polar surface area (TPSA) is 179 Å². The van der Waals surface area contributed by atoms with E-state index >= 15 is 0 Å². The van der Waals surface area contributed by atoms with Crippen LogP contribution in [0.5, 0.6) is 0 Å². The quantitative estimate of drug-likeness (QED) is 0.248. The summed E-state index contributed by atoms with van der Waals surface area (Å²) in [6, 6.07) is 2.71. The Morgan fingerprint density at radius 1 is 1.11 bits per heavy atom. The summed E-state index contributed by atoms with van der Waals surface area (Å²) in [5.74, 6) is -1.86. The van der Waals surface area contributed by atoms with Crippen LogP contribution in [0.15, 0.2) is 29.2 Å². The zero-order chi connectivity index (χ0) is 26.5. The van der Waals surface area contributed by atoms with E-state index in [1.54, 1.807) is 0 Å². The molecule has 1 saturated heterocycles. The lowest BCUT2D eigenvalue weighted by Gasteiger charge is -2.29. The molecule has 11 nitrogen and oxygen atoms in total. The molecule has 1 aliphatic heterocycles. The SMILES string of the molecule is O=C1NCC[C@H]1C[C@H](NC(=O)[C@H](CC1CCCCC1)NS(=O)(=O)c1cccc(Cl)c1)C(O)S(=O)(=O)O. The number of sulfonamides is 1. The lowest BCUT2D eigenvalue weighted by Crippen LogP contribution is -2.55. The average Bonchev–Trinajstić information content (AvgIpc) is 3.22. The second-order valence-electron chi connectivity index (χ2n) is 9.40. The van der Waals surface area contributed by atoms with Gasteiger partial charge < -0.3 is 15.7 Å². The van der Waals surface area contributed by atoms with E-state index in [0.29, 0.717) is 13.0 Å². The second-order valence-corrected chi connectivity index (χ2v) is 13.1. The van der Waals surface area contributed by atoms with Crippen LogP contribution < -0.4 is 15.4 Å². The molecule has 5 N–H and O–H groups in total. The summed E-state index contributed by atoms with van der Waals surface area (Å²) < 4.78 is 61.3. The summed E-state index contributed by atoms with van der Waals surface area (Å²) in [7, 11) is -9.17. The molecule has 1 aromatic carbocycles. The Balaban J connectivity index is 1.85. The highest BCUT2D eigenvalue weighted by atomic mass is 35.5. The summed E-state index contributed by atoms with van der Waals surface area (Å²) in [5, 5.41) is 15.4. The lowest BCUT2D eigenvalue weighted by molar-refractivity contribution is -0.126. The molecule has 3 rings (SSSR count). The molecule has 0 radical (unpaired) electrons. The van der Waals surface area contributed by atoms with Gasteiger partial charge in [-0.2, -0.15) is 13.1 Å². The molecule has 14 heteroatoms. The van der Waals surface area contributed by atoms with Crippen molar-refractivity contribution < 1.29 is 36.1 Å². The van der Waals surface area contributed by atoms with Gasteiger partial charge in [-0.05, 0) is 43.4 Å². The largest absolute Gasteiger partial charge is 0.374 e. The van der Waals surface area contributed by atoms with E-state index in [-0.39, 0.29) is 34.6 Å². The van der Waals surface area contributed by atoms with Crippen molar-refractivity contribution in [3.8, 4) is 0 Å². The Morgan fingerprint density at radius 3 is 2.39 bits per heavy atom. The van der Waals surface area contributed by atoms with Crippen molar-refractivity contribution in [2.45, 2.75) is 73.8 Å². The van der Waals surface area contributed by atoms with Gasteiger partial charge in [0.1, 0.15) is 6.04 Å². The molecule has 0 spiro atoms. The highest BCUT2D eigenvalue weighted by Crippen LogP contribution is 2.28. The van der Waals surface area contributed by atoms with Crippen molar-refractivity contribution >= 4 is 43.6 Å². The number of hydrogen-bond acceptors (Lipinski definition) is 7. The van der Waals surface area contributed by atoms with E-state index in [4.69, 9.17) is 11.6 Å². The molecule has 1 aromatic rings. The first-order valence-electron chi connectivity index (χ1n) is 11.9. The van der Waals surface area contributed by atoms with Gasteiger partial charge in [0.25, 0.3) is 10.1 Å². The summed E-state index contributed by atoms with van der Waals surface area (Å²) >= 11 is 5.93. The average molecular weight is 566 g/mol. The van der Waals surface area contributed by atoms with Crippen molar-refractivity contribution in [3.63, 3.8) is 0 Å². The van der Waals surface area contributed by atoms with Gasteiger partial charge in [0.2, 0.25) is 27.3 Å². The first kappa shape index (κ1) is 28.8. The zero-order valence-corrected chi connectivity index (χ0v) is 22.0. The van der Waals surface area contributed by atoms with Crippen LogP contribution in [0.2, 0.25) is 5.02 Å². The number of hydrogen-bond donors (Lipinski definition) is 5. The number of amides is 2. The first-order chi connectivity index (χ1) is 16.9. The summed E-state index contributed by atoms with van der Waals surface area (Å²) in [5.41, 5.74) is -2.39. The van der Waals surface area contributed by atoms with Gasteiger partial charge in [0, 0.05) is 17.5 Å². The molecule has 4 atom stereocenters. The number of rotatable bonds is 11. The first-order valence-corrected chi connectivity index (χ1v) is 15.2. The van der Waals surface area contributed by atoms with Crippen molar-refractivity contribution in [1.82, 2.24) is 15.4 Å². The Hall–Kier alpha value is -1.77. The van der Waals surface area contributed by atoms with E-state index in [0.717, 1.165) is 32.1 Å². The second kappa shape index (κ2) is 12.2. The Bertz CT molecular complexity index is 1160. The van der Waals surface area contributed by atoms with Gasteiger partial charge in [-0.3, -0.25) is 14.1 Å². The predicted octanol–water partition coefficient (Wildman–Crippen LogP) is 1.17. The molecule has 2 fully saturated rings. The van der Waals surface area contributed by atoms with Crippen molar-refractivity contribution in [2.75, 3.05) is 6.54 Å². The molecule has 2 aliphatic rings. The fourth-order valence-corrected chi connectivity index (χ4v) is 6.87. The molecular weight excluding hydrogens is 534 g/mol. The van der Waals surface area contributed by atoms with Crippen LogP contribution in [-0.2, 0) is 29.7 Å². The van der Waals surface area contributed by atoms with Gasteiger partial charge in [0.05, 0.1) is 10.9 Å². The van der Waals surface area contributed by atoms with Crippen LogP contribution in [0.1, 0.15) is 51.4 Å². The monoisotopic (exact) mass is 565 g/mol. The summed E-state index contributed by atoms with van der Waals surface area (Å²) in [4.78, 5) is 25.2. The van der Waals surface area contributed by atoms with Gasteiger partial charge in [-0.25, -0.2) is 8.42 Å². The normalized spacial score (nSPS) is 22.0. The standard InChI is InChI=1S/C22H32ClN3O8S2/c23-16-7-4-8-17(13-16)35(30,31)26-18(11-14-5-2-1-3-6-14)21(28)25-19(22(29)36(32,33)34)12-15-9-10-24-20(15)27/h4,7-8,13-15,18-19,22,26,29H,1-3,5-6,9-12H2,(H,24,27)(H,25,28)(H,32,33,34)/t15-,18-,19-,22?/m0/s1. The molecule has 36 heavy (non-hydrogen) atoms. The molecule has 0 bridgehead atoms. The maximum Gasteiger partial charge on any atom is 0.294 e. The van der Waals surface area contributed by atoms with Crippen LogP contribution in [-0.4, -0.2) is 62.4 Å². The number of nitrogens with one attached hydrogen (secondary N) is 3. The molecule has 0 aromatic heterocycles. The summed E-state index contributed by atoms with van der Waals surface area (Å²) in [6.45, 7) is 0.357. The fraction of sp³-hybridized carbons (Fsp3) is 0.636. The highest BCUT2D eigenvalue weighted by molar-refractivity contribution is 7.89. The number of carbonyl (C=O) groups excluding carboxylic acids is 2. The number of aliphatic hydroxyl groups is 1. The van der Waals surface area contributed by atoms with Crippen LogP contribution >= 0.6 is 11.6 Å². The zero-order valence-electron chi connectivity index (χ0n) is 19.6. The van der Waals surface area contributed by atoms with Gasteiger partial charge in [-0.1, -0.05) is 49.8 Å². The third-order valence-corrected chi connectivity index (χ3v) is 9.34. The van der Waals surface area contributed by atoms with Gasteiger partial charge >= 0.3 is 0 Å². The van der Waals surface area contributed by atoms with E-state index < -0.39 is 49.5 Å². The predicted molar refractivity (Wildman–Crippen MR) is 132 cm³/mol. The maximum atomic E-state index is 13.3. The van der Waals surface area contributed by atoms with Crippen molar-refractivity contribution in [2.24, 2.45) is 11.8 Å². The van der Waals surface area contributed by atoms with Crippen molar-refractivity contribution in [3.05, 3.63) is 29.3 Å². The molecule has 2 amide bonds. The van der Waals surface area contributed by atoms with E-state index in [9.17, 15) is 36.1 Å². The molecular formula is C22H32ClN3O8S2. The van der Waals surface area contributed by atoms with Gasteiger partial charge in [-0.15, -0.1) is 0 Å². The minimum Gasteiger partial charge on any atom is -0.374 e. The van der Waals surface area contributed by atoms with Crippen LogP contribution in [0, 0.1) is 11.8 Å². The highest BCUT2D eigenvalue weighted by Gasteiger charge is 2.38. The maximum absolute atomic E-state index is 13.3. The Morgan fingerprint density at radius 2 is 1.81 bits per heavy atom. The Labute approximate surface area is 216 Å². The number of benzene rings is 1. The fourth-order valence-electron chi connectivity index (χ4n) is 4.77. The van der Waals surface area contributed by atoms with Gasteiger partial charge in [0.15, 0.2) is 0 Å². The van der Waals surface area contributed by atoms with Crippen LogP contribution in [0.25, 0.3) is 0 Å². The lowest BCUT2D eigenvalue weighted by atomic mass is 9.85. The minimum absolute atomic E-state index is 0.0575. The third-order valence-electron chi connectivity index (χ3n) is 6.69. The number of halogens is 1. The third kappa shape index (κ3) is 7.86. The molecule has 202 valence electrons. The summed E-state index contributed by atoms with van der Waals surface area (Å²) in [6.07, 6.45) is 4.82. The van der Waals surface area contributed by atoms with Crippen molar-refractivity contribution in [1.29, 1.82) is 0 Å². The number of aliphatic hydroxyl groups excluding tert-OH is 1. The minimum atomic E-state index is -4.99. The smallest absolute Gasteiger partial charge is 0.294 e. The van der Waals surface area contributed by atoms with E-state index in [2.05, 4.69) is 15.4 Å². The molecule has 1 saturated carbocycles. The number of carbonyl (C=O) groups is 2.